The van der Waals surface area contributed by atoms with Crippen LogP contribution in [0.3, 0.4) is 0 Å². The van der Waals surface area contributed by atoms with Gasteiger partial charge >= 0.3 is 12.1 Å². The number of alkyl carbamates (subject to hydrolysis) is 1. The Balaban J connectivity index is 1.15. The van der Waals surface area contributed by atoms with Crippen LogP contribution in [0.5, 0.6) is 0 Å². The quantitative estimate of drug-likeness (QED) is 0.522. The van der Waals surface area contributed by atoms with Crippen molar-refractivity contribution < 1.29 is 24.2 Å². The molecule has 7 nitrogen and oxygen atoms in total. The van der Waals surface area contributed by atoms with Crippen LogP contribution in [0.4, 0.5) is 4.79 Å². The van der Waals surface area contributed by atoms with E-state index in [0.29, 0.717) is 12.8 Å². The highest BCUT2D eigenvalue weighted by Gasteiger charge is 2.50. The van der Waals surface area contributed by atoms with Gasteiger partial charge in [0.2, 0.25) is 5.91 Å². The fourth-order valence-electron chi connectivity index (χ4n) is 5.63. The molecular formula is C28H32N2O5. The number of carbonyl (C=O) groups is 3. The number of carboxylic acids is 1. The fourth-order valence-corrected chi connectivity index (χ4v) is 5.63. The number of carboxylic acid groups (broad SMARTS) is 1. The Kier molecular flexibility index (Phi) is 6.50. The molecule has 0 heterocycles. The van der Waals surface area contributed by atoms with E-state index in [1.54, 1.807) is 0 Å². The molecule has 0 saturated heterocycles. The van der Waals surface area contributed by atoms with Gasteiger partial charge < -0.3 is 20.5 Å². The summed E-state index contributed by atoms with van der Waals surface area (Å²) in [6.07, 6.45) is 4.72. The lowest BCUT2D eigenvalue weighted by atomic mass is 9.82. The van der Waals surface area contributed by atoms with Gasteiger partial charge in [-0.1, -0.05) is 61.4 Å². The molecule has 5 rings (SSSR count). The van der Waals surface area contributed by atoms with Crippen LogP contribution >= 0.6 is 0 Å². The maximum absolute atomic E-state index is 12.8. The number of amides is 2. The zero-order chi connectivity index (χ0) is 24.4. The molecule has 0 unspecified atom stereocenters. The van der Waals surface area contributed by atoms with E-state index >= 15 is 0 Å². The highest BCUT2D eigenvalue weighted by molar-refractivity contribution is 5.81. The highest BCUT2D eigenvalue weighted by Crippen LogP contribution is 2.45. The average molecular weight is 477 g/mol. The van der Waals surface area contributed by atoms with E-state index in [0.717, 1.165) is 25.7 Å². The molecule has 3 aliphatic rings. The molecule has 35 heavy (non-hydrogen) atoms. The molecule has 0 radical (unpaired) electrons. The normalized spacial score (nSPS) is 21.9. The summed E-state index contributed by atoms with van der Waals surface area (Å²) in [4.78, 5) is 36.6. The minimum Gasteiger partial charge on any atom is -0.481 e. The summed E-state index contributed by atoms with van der Waals surface area (Å²) in [6.45, 7) is 0.438. The van der Waals surface area contributed by atoms with Gasteiger partial charge in [-0.05, 0) is 53.9 Å². The van der Waals surface area contributed by atoms with Gasteiger partial charge in [0.1, 0.15) is 6.61 Å². The van der Waals surface area contributed by atoms with Crippen molar-refractivity contribution in [3.8, 4) is 11.1 Å². The van der Waals surface area contributed by atoms with Gasteiger partial charge in [-0.25, -0.2) is 4.79 Å². The second kappa shape index (κ2) is 9.72. The van der Waals surface area contributed by atoms with E-state index in [1.165, 1.54) is 22.3 Å². The minimum atomic E-state index is -0.842. The van der Waals surface area contributed by atoms with Gasteiger partial charge in [0.15, 0.2) is 0 Å². The molecule has 2 atom stereocenters. The highest BCUT2D eigenvalue weighted by atomic mass is 16.5. The standard InChI is InChI=1S/C28H32N2O5/c31-25(29-17-28(13-14-28)26(32)33)15-18-7-1-6-12-24(18)30-27(34)35-16-23-21-10-4-2-8-19(21)20-9-3-5-11-22(20)23/h2-5,8-11,18,23-24H,1,6-7,12-17H2,(H,29,31)(H,30,34)(H,32,33)/t18-,24-/m0/s1. The zero-order valence-corrected chi connectivity index (χ0v) is 19.8. The van der Waals surface area contributed by atoms with Crippen LogP contribution in [0, 0.1) is 11.3 Å². The molecular weight excluding hydrogens is 444 g/mol. The van der Waals surface area contributed by atoms with Crippen molar-refractivity contribution >= 4 is 18.0 Å². The summed E-state index contributed by atoms with van der Waals surface area (Å²) in [6, 6.07) is 16.3. The summed E-state index contributed by atoms with van der Waals surface area (Å²) >= 11 is 0. The molecule has 0 bridgehead atoms. The van der Waals surface area contributed by atoms with Crippen molar-refractivity contribution in [2.24, 2.45) is 11.3 Å². The third-order valence-electron chi connectivity index (χ3n) is 7.93. The molecule has 7 heteroatoms. The topological polar surface area (TPSA) is 105 Å². The van der Waals surface area contributed by atoms with Crippen molar-refractivity contribution in [1.29, 1.82) is 0 Å². The first-order chi connectivity index (χ1) is 17.0. The zero-order valence-electron chi connectivity index (χ0n) is 19.8. The Morgan fingerprint density at radius 3 is 2.20 bits per heavy atom. The Bertz CT molecular complexity index is 1080. The second-order valence-corrected chi connectivity index (χ2v) is 10.2. The van der Waals surface area contributed by atoms with Crippen LogP contribution in [0.2, 0.25) is 0 Å². The molecule has 3 aliphatic carbocycles. The van der Waals surface area contributed by atoms with E-state index in [1.807, 2.05) is 24.3 Å². The van der Waals surface area contributed by atoms with Crippen LogP contribution < -0.4 is 10.6 Å². The lowest BCUT2D eigenvalue weighted by molar-refractivity contribution is -0.143. The third kappa shape index (κ3) is 4.90. The average Bonchev–Trinajstić information content (AvgIpc) is 3.60. The Labute approximate surface area is 205 Å². The van der Waals surface area contributed by atoms with E-state index < -0.39 is 17.5 Å². The molecule has 2 aromatic rings. The summed E-state index contributed by atoms with van der Waals surface area (Å²) < 4.78 is 5.71. The molecule has 0 aliphatic heterocycles. The summed E-state index contributed by atoms with van der Waals surface area (Å²) in [7, 11) is 0. The van der Waals surface area contributed by atoms with Gasteiger partial charge in [-0.3, -0.25) is 9.59 Å². The summed E-state index contributed by atoms with van der Waals surface area (Å²) in [5.41, 5.74) is 3.94. The number of benzene rings is 2. The van der Waals surface area contributed by atoms with E-state index in [9.17, 15) is 19.5 Å². The number of nitrogens with one attached hydrogen (secondary N) is 2. The fraction of sp³-hybridized carbons (Fsp3) is 0.464. The molecule has 2 fully saturated rings. The second-order valence-electron chi connectivity index (χ2n) is 10.2. The largest absolute Gasteiger partial charge is 0.481 e. The lowest BCUT2D eigenvalue weighted by Crippen LogP contribution is -2.45. The van der Waals surface area contributed by atoms with Crippen LogP contribution in [-0.4, -0.2) is 42.3 Å². The number of rotatable bonds is 8. The van der Waals surface area contributed by atoms with E-state index in [2.05, 4.69) is 34.9 Å². The molecule has 2 saturated carbocycles. The Hall–Kier alpha value is -3.35. The van der Waals surface area contributed by atoms with Crippen LogP contribution in [-0.2, 0) is 14.3 Å². The Morgan fingerprint density at radius 2 is 1.57 bits per heavy atom. The molecule has 2 amide bonds. The Morgan fingerprint density at radius 1 is 0.943 bits per heavy atom. The van der Waals surface area contributed by atoms with Gasteiger partial charge in [0.05, 0.1) is 5.41 Å². The van der Waals surface area contributed by atoms with Crippen molar-refractivity contribution in [2.75, 3.05) is 13.2 Å². The maximum atomic E-state index is 12.8. The summed E-state index contributed by atoms with van der Waals surface area (Å²) in [5.74, 6) is -0.969. The molecule has 3 N–H and O–H groups in total. The van der Waals surface area contributed by atoms with Crippen molar-refractivity contribution in [3.05, 3.63) is 59.7 Å². The number of carbonyl (C=O) groups excluding carboxylic acids is 2. The molecule has 184 valence electrons. The van der Waals surface area contributed by atoms with E-state index in [4.69, 9.17) is 4.74 Å². The maximum Gasteiger partial charge on any atom is 0.407 e. The molecule has 0 aromatic heterocycles. The number of hydrogen-bond donors (Lipinski definition) is 3. The van der Waals surface area contributed by atoms with Gasteiger partial charge in [-0.15, -0.1) is 0 Å². The van der Waals surface area contributed by atoms with Gasteiger partial charge in [0, 0.05) is 24.9 Å². The van der Waals surface area contributed by atoms with Crippen molar-refractivity contribution in [3.63, 3.8) is 0 Å². The van der Waals surface area contributed by atoms with E-state index in [-0.39, 0.29) is 43.4 Å². The smallest absolute Gasteiger partial charge is 0.407 e. The van der Waals surface area contributed by atoms with Gasteiger partial charge in [0.25, 0.3) is 0 Å². The molecule has 2 aromatic carbocycles. The first-order valence-corrected chi connectivity index (χ1v) is 12.6. The first kappa shape index (κ1) is 23.4. The van der Waals surface area contributed by atoms with Crippen LogP contribution in [0.25, 0.3) is 11.1 Å². The predicted octanol–water partition coefficient (Wildman–Crippen LogP) is 4.46. The number of ether oxygens (including phenoxy) is 1. The van der Waals surface area contributed by atoms with Crippen molar-refractivity contribution in [1.82, 2.24) is 10.6 Å². The van der Waals surface area contributed by atoms with Crippen LogP contribution in [0.1, 0.15) is 62.0 Å². The predicted molar refractivity (Wildman–Crippen MR) is 131 cm³/mol. The number of hydrogen-bond acceptors (Lipinski definition) is 4. The van der Waals surface area contributed by atoms with Crippen molar-refractivity contribution in [2.45, 2.75) is 56.9 Å². The number of fused-ring (bicyclic) bond motifs is 3. The number of aliphatic carboxylic acids is 1. The first-order valence-electron chi connectivity index (χ1n) is 12.6. The SMILES string of the molecule is O=C(C[C@@H]1CCCC[C@@H]1NC(=O)OCC1c2ccccc2-c2ccccc21)NCC1(C(=O)O)CC1. The monoisotopic (exact) mass is 476 g/mol. The van der Waals surface area contributed by atoms with Crippen LogP contribution in [0.15, 0.2) is 48.5 Å². The molecule has 0 spiro atoms. The third-order valence-corrected chi connectivity index (χ3v) is 7.93. The lowest BCUT2D eigenvalue weighted by Gasteiger charge is -2.31. The van der Waals surface area contributed by atoms with Gasteiger partial charge in [-0.2, -0.15) is 0 Å². The minimum absolute atomic E-state index is 0.00469. The summed E-state index contributed by atoms with van der Waals surface area (Å²) in [5, 5.41) is 15.1.